The van der Waals surface area contributed by atoms with E-state index in [0.717, 1.165) is 24.0 Å². The number of hydrogen-bond donors (Lipinski definition) is 2. The van der Waals surface area contributed by atoms with Crippen LogP contribution < -0.4 is 5.32 Å². The predicted molar refractivity (Wildman–Crippen MR) is 57.0 cm³/mol. The van der Waals surface area contributed by atoms with Gasteiger partial charge in [-0.3, -0.25) is 0 Å². The van der Waals surface area contributed by atoms with Gasteiger partial charge in [-0.15, -0.1) is 0 Å². The molecule has 1 fully saturated rings. The molecule has 1 heterocycles. The van der Waals surface area contributed by atoms with Crippen LogP contribution in [-0.2, 0) is 6.54 Å². The van der Waals surface area contributed by atoms with Gasteiger partial charge >= 0.3 is 0 Å². The topological polar surface area (TPSA) is 40.7 Å². The summed E-state index contributed by atoms with van der Waals surface area (Å²) in [4.78, 5) is 7.52. The summed E-state index contributed by atoms with van der Waals surface area (Å²) in [6, 6.07) is 0.704. The van der Waals surface area contributed by atoms with E-state index in [4.69, 9.17) is 0 Å². The summed E-state index contributed by atoms with van der Waals surface area (Å²) >= 11 is 0. The first-order chi connectivity index (χ1) is 6.74. The molecule has 0 saturated heterocycles. The number of nitrogens with zero attached hydrogens (tertiary/aromatic N) is 1. The van der Waals surface area contributed by atoms with Crippen molar-refractivity contribution in [2.75, 3.05) is 0 Å². The lowest BCUT2D eigenvalue weighted by Crippen LogP contribution is -2.26. The molecule has 14 heavy (non-hydrogen) atoms. The lowest BCUT2D eigenvalue weighted by Gasteiger charge is -2.10. The molecule has 0 aliphatic heterocycles. The normalized spacial score (nSPS) is 27.0. The first-order valence-corrected chi connectivity index (χ1v) is 5.48. The molecule has 0 amide bonds. The molecule has 0 spiro atoms. The van der Waals surface area contributed by atoms with Crippen LogP contribution >= 0.6 is 0 Å². The lowest BCUT2D eigenvalue weighted by atomic mass is 10.1. The Balaban J connectivity index is 1.77. The minimum Gasteiger partial charge on any atom is -0.345 e. The van der Waals surface area contributed by atoms with Crippen molar-refractivity contribution in [3.63, 3.8) is 0 Å². The Bertz CT molecular complexity index is 292. The van der Waals surface area contributed by atoms with Crippen molar-refractivity contribution < 1.29 is 0 Å². The van der Waals surface area contributed by atoms with Gasteiger partial charge in [-0.05, 0) is 32.1 Å². The molecule has 3 heteroatoms. The summed E-state index contributed by atoms with van der Waals surface area (Å²) in [5, 5.41) is 3.55. The zero-order valence-corrected chi connectivity index (χ0v) is 9.01. The molecule has 2 N–H and O–H groups in total. The highest BCUT2D eigenvalue weighted by Crippen LogP contribution is 2.24. The van der Waals surface area contributed by atoms with Crippen LogP contribution in [0.3, 0.4) is 0 Å². The second-order valence-electron chi connectivity index (χ2n) is 4.51. The predicted octanol–water partition coefficient (Wildman–Crippen LogP) is 2.00. The van der Waals surface area contributed by atoms with Crippen molar-refractivity contribution in [2.45, 2.75) is 45.7 Å². The van der Waals surface area contributed by atoms with Crippen LogP contribution in [0.5, 0.6) is 0 Å². The molecule has 0 radical (unpaired) electrons. The molecule has 78 valence electrons. The average molecular weight is 193 g/mol. The van der Waals surface area contributed by atoms with E-state index < -0.39 is 0 Å². The van der Waals surface area contributed by atoms with E-state index in [1.165, 1.54) is 19.3 Å². The molecule has 2 atom stereocenters. The molecule has 1 aromatic rings. The van der Waals surface area contributed by atoms with Gasteiger partial charge in [0.15, 0.2) is 0 Å². The molecule has 2 rings (SSSR count). The molecule has 0 bridgehead atoms. The minimum absolute atomic E-state index is 0.704. The van der Waals surface area contributed by atoms with E-state index in [1.807, 2.05) is 13.1 Å². The Morgan fingerprint density at radius 3 is 3.00 bits per heavy atom. The highest BCUT2D eigenvalue weighted by Gasteiger charge is 2.20. The number of imidazole rings is 1. The summed E-state index contributed by atoms with van der Waals surface area (Å²) in [6.07, 6.45) is 5.89. The maximum atomic E-state index is 4.28. The highest BCUT2D eigenvalue weighted by atomic mass is 15.0. The van der Waals surface area contributed by atoms with Crippen LogP contribution in [-0.4, -0.2) is 16.0 Å². The van der Waals surface area contributed by atoms with Gasteiger partial charge in [0.2, 0.25) is 0 Å². The van der Waals surface area contributed by atoms with Gasteiger partial charge in [0.1, 0.15) is 5.82 Å². The smallest absolute Gasteiger partial charge is 0.120 e. The van der Waals surface area contributed by atoms with E-state index in [-0.39, 0.29) is 0 Å². The number of H-pyrrole nitrogens is 1. The number of hydrogen-bond acceptors (Lipinski definition) is 2. The monoisotopic (exact) mass is 193 g/mol. The van der Waals surface area contributed by atoms with Crippen molar-refractivity contribution in [1.82, 2.24) is 15.3 Å². The van der Waals surface area contributed by atoms with Crippen molar-refractivity contribution in [1.29, 1.82) is 0 Å². The zero-order chi connectivity index (χ0) is 9.97. The summed E-state index contributed by atoms with van der Waals surface area (Å²) in [6.45, 7) is 5.25. The molecular weight excluding hydrogens is 174 g/mol. The maximum Gasteiger partial charge on any atom is 0.120 e. The molecule has 1 aromatic heterocycles. The van der Waals surface area contributed by atoms with Gasteiger partial charge in [0, 0.05) is 17.9 Å². The van der Waals surface area contributed by atoms with E-state index in [2.05, 4.69) is 22.2 Å². The number of rotatable bonds is 3. The Morgan fingerprint density at radius 1 is 1.57 bits per heavy atom. The standard InChI is InChI=1S/C11H19N3/c1-8-3-4-10(5-8)12-7-11-13-6-9(2)14-11/h6,8,10,12H,3-5,7H2,1-2H3,(H,13,14). The van der Waals surface area contributed by atoms with Crippen LogP contribution in [0.15, 0.2) is 6.20 Å². The van der Waals surface area contributed by atoms with Gasteiger partial charge < -0.3 is 10.3 Å². The first kappa shape index (κ1) is 9.71. The van der Waals surface area contributed by atoms with E-state index in [1.54, 1.807) is 0 Å². The van der Waals surface area contributed by atoms with Gasteiger partial charge in [0.05, 0.1) is 6.54 Å². The molecular formula is C11H19N3. The summed E-state index contributed by atoms with van der Waals surface area (Å²) in [7, 11) is 0. The van der Waals surface area contributed by atoms with E-state index in [0.29, 0.717) is 6.04 Å². The fraction of sp³-hybridized carbons (Fsp3) is 0.727. The molecule has 1 aliphatic carbocycles. The Kier molecular flexibility index (Phi) is 2.87. The fourth-order valence-corrected chi connectivity index (χ4v) is 2.19. The van der Waals surface area contributed by atoms with Crippen molar-refractivity contribution >= 4 is 0 Å². The fourth-order valence-electron chi connectivity index (χ4n) is 2.19. The second kappa shape index (κ2) is 4.13. The number of nitrogens with one attached hydrogen (secondary N) is 2. The van der Waals surface area contributed by atoms with Gasteiger partial charge in [-0.1, -0.05) is 6.92 Å². The third-order valence-corrected chi connectivity index (χ3v) is 3.01. The molecule has 2 unspecified atom stereocenters. The Hall–Kier alpha value is -0.830. The van der Waals surface area contributed by atoms with Crippen LogP contribution in [0, 0.1) is 12.8 Å². The highest BCUT2D eigenvalue weighted by molar-refractivity contribution is 4.98. The van der Waals surface area contributed by atoms with E-state index >= 15 is 0 Å². The Morgan fingerprint density at radius 2 is 2.43 bits per heavy atom. The molecule has 0 aromatic carbocycles. The van der Waals surface area contributed by atoms with Crippen LogP contribution in [0.25, 0.3) is 0 Å². The zero-order valence-electron chi connectivity index (χ0n) is 9.01. The molecule has 1 aliphatic rings. The van der Waals surface area contributed by atoms with E-state index in [9.17, 15) is 0 Å². The first-order valence-electron chi connectivity index (χ1n) is 5.48. The average Bonchev–Trinajstić information content (AvgIpc) is 2.72. The van der Waals surface area contributed by atoms with Gasteiger partial charge in [-0.25, -0.2) is 4.98 Å². The van der Waals surface area contributed by atoms with Crippen molar-refractivity contribution in [3.05, 3.63) is 17.7 Å². The summed E-state index contributed by atoms with van der Waals surface area (Å²) < 4.78 is 0. The summed E-state index contributed by atoms with van der Waals surface area (Å²) in [5.41, 5.74) is 1.14. The number of aromatic amines is 1. The molecule has 3 nitrogen and oxygen atoms in total. The number of aryl methyl sites for hydroxylation is 1. The summed E-state index contributed by atoms with van der Waals surface area (Å²) in [5.74, 6) is 1.95. The largest absolute Gasteiger partial charge is 0.345 e. The Labute approximate surface area is 85.3 Å². The van der Waals surface area contributed by atoms with Crippen molar-refractivity contribution in [2.24, 2.45) is 5.92 Å². The van der Waals surface area contributed by atoms with Crippen molar-refractivity contribution in [3.8, 4) is 0 Å². The number of aromatic nitrogens is 2. The van der Waals surface area contributed by atoms with Gasteiger partial charge in [-0.2, -0.15) is 0 Å². The minimum atomic E-state index is 0.704. The second-order valence-corrected chi connectivity index (χ2v) is 4.51. The quantitative estimate of drug-likeness (QED) is 0.770. The maximum absolute atomic E-state index is 4.28. The van der Waals surface area contributed by atoms with Crippen LogP contribution in [0.2, 0.25) is 0 Å². The van der Waals surface area contributed by atoms with Crippen LogP contribution in [0.4, 0.5) is 0 Å². The third-order valence-electron chi connectivity index (χ3n) is 3.01. The van der Waals surface area contributed by atoms with Crippen LogP contribution in [0.1, 0.15) is 37.7 Å². The van der Waals surface area contributed by atoms with Gasteiger partial charge in [0.25, 0.3) is 0 Å². The lowest BCUT2D eigenvalue weighted by molar-refractivity contribution is 0.495. The third kappa shape index (κ3) is 2.35. The SMILES string of the molecule is Cc1cnc(CNC2CCC(C)C2)[nH]1. The molecule has 1 saturated carbocycles.